The lowest BCUT2D eigenvalue weighted by Crippen LogP contribution is -2.62. The summed E-state index contributed by atoms with van der Waals surface area (Å²) in [6.45, 7) is 7.48. The number of ether oxygens (including phenoxy) is 2. The van der Waals surface area contributed by atoms with Gasteiger partial charge in [0, 0.05) is 31.2 Å². The molecule has 3 aliphatic rings. The van der Waals surface area contributed by atoms with E-state index in [1.165, 1.54) is 25.9 Å². The largest absolute Gasteiger partial charge is 0.492 e. The number of nitrogens with one attached hydrogen (secondary N) is 1. The average Bonchev–Trinajstić information content (AvgIpc) is 3.30. The van der Waals surface area contributed by atoms with Crippen molar-refractivity contribution in [2.75, 3.05) is 53.0 Å². The van der Waals surface area contributed by atoms with Crippen LogP contribution in [0.3, 0.4) is 0 Å². The summed E-state index contributed by atoms with van der Waals surface area (Å²) in [5, 5.41) is 13.7. The number of likely N-dealkylation sites (N-methyl/N-ethyl adjacent to an activating group) is 1. The highest BCUT2D eigenvalue weighted by Crippen LogP contribution is 2.38. The molecule has 7 heteroatoms. The number of benzene rings is 1. The standard InChI is InChI=1S/C24H37N3O4/c1-23(29)18-31-24(17-21(23)25-2)9-13-27(14-10-24)22(28)19-5-7-20(8-6-19)30-16-15-26-11-3-4-12-26/h5-8,21,25,29H,3-4,9-18H2,1-2H3/t21-,23-/m0/s1. The Kier molecular flexibility index (Phi) is 6.86. The summed E-state index contributed by atoms with van der Waals surface area (Å²) in [6.07, 6.45) is 4.94. The lowest BCUT2D eigenvalue weighted by atomic mass is 9.77. The topological polar surface area (TPSA) is 74.3 Å². The molecule has 0 saturated carbocycles. The van der Waals surface area contributed by atoms with E-state index in [1.807, 2.05) is 43.1 Å². The van der Waals surface area contributed by atoms with Gasteiger partial charge in [0.1, 0.15) is 18.0 Å². The van der Waals surface area contributed by atoms with Gasteiger partial charge in [-0.05, 0) is 83.4 Å². The van der Waals surface area contributed by atoms with E-state index in [0.29, 0.717) is 31.9 Å². The van der Waals surface area contributed by atoms with Crippen molar-refractivity contribution in [3.05, 3.63) is 29.8 Å². The van der Waals surface area contributed by atoms with Crippen LogP contribution in [0.2, 0.25) is 0 Å². The molecular weight excluding hydrogens is 394 g/mol. The van der Waals surface area contributed by atoms with Gasteiger partial charge >= 0.3 is 0 Å². The molecule has 0 unspecified atom stereocenters. The Morgan fingerprint density at radius 2 is 1.87 bits per heavy atom. The smallest absolute Gasteiger partial charge is 0.253 e. The van der Waals surface area contributed by atoms with Crippen LogP contribution >= 0.6 is 0 Å². The summed E-state index contributed by atoms with van der Waals surface area (Å²) in [7, 11) is 1.89. The molecule has 3 aliphatic heterocycles. The number of carbonyl (C=O) groups excluding carboxylic acids is 1. The molecule has 31 heavy (non-hydrogen) atoms. The fourth-order valence-corrected chi connectivity index (χ4v) is 5.10. The van der Waals surface area contributed by atoms with Gasteiger partial charge in [-0.3, -0.25) is 9.69 Å². The Morgan fingerprint density at radius 1 is 1.19 bits per heavy atom. The summed E-state index contributed by atoms with van der Waals surface area (Å²) in [5.74, 6) is 0.876. The molecule has 3 saturated heterocycles. The zero-order valence-electron chi connectivity index (χ0n) is 18.9. The Bertz CT molecular complexity index is 738. The van der Waals surface area contributed by atoms with Crippen LogP contribution in [-0.2, 0) is 4.74 Å². The first-order valence-corrected chi connectivity index (χ1v) is 11.7. The molecule has 1 aromatic carbocycles. The Morgan fingerprint density at radius 3 is 2.52 bits per heavy atom. The first-order valence-electron chi connectivity index (χ1n) is 11.7. The van der Waals surface area contributed by atoms with E-state index >= 15 is 0 Å². The minimum Gasteiger partial charge on any atom is -0.492 e. The molecule has 0 aromatic heterocycles. The maximum atomic E-state index is 13.0. The van der Waals surface area contributed by atoms with Crippen molar-refractivity contribution in [3.63, 3.8) is 0 Å². The highest BCUT2D eigenvalue weighted by Gasteiger charge is 2.48. The molecule has 0 aliphatic carbocycles. The highest BCUT2D eigenvalue weighted by atomic mass is 16.5. The van der Waals surface area contributed by atoms with Crippen LogP contribution in [0, 0.1) is 0 Å². The van der Waals surface area contributed by atoms with Crippen LogP contribution in [0.15, 0.2) is 24.3 Å². The molecule has 0 bridgehead atoms. The monoisotopic (exact) mass is 431 g/mol. The second-order valence-electron chi connectivity index (χ2n) is 9.59. The van der Waals surface area contributed by atoms with Crippen molar-refractivity contribution in [1.29, 1.82) is 0 Å². The molecule has 0 radical (unpaired) electrons. The fourth-order valence-electron chi connectivity index (χ4n) is 5.10. The predicted octanol–water partition coefficient (Wildman–Crippen LogP) is 1.90. The Labute approximate surface area is 185 Å². The van der Waals surface area contributed by atoms with E-state index in [1.54, 1.807) is 0 Å². The number of rotatable bonds is 6. The van der Waals surface area contributed by atoms with E-state index in [0.717, 1.165) is 31.6 Å². The number of hydrogen-bond donors (Lipinski definition) is 2. The molecule has 3 fully saturated rings. The van der Waals surface area contributed by atoms with Crippen LogP contribution in [0.25, 0.3) is 0 Å². The van der Waals surface area contributed by atoms with Gasteiger partial charge in [-0.1, -0.05) is 0 Å². The zero-order valence-corrected chi connectivity index (χ0v) is 18.9. The van der Waals surface area contributed by atoms with Crippen LogP contribution < -0.4 is 10.1 Å². The Balaban J connectivity index is 1.26. The number of nitrogens with zero attached hydrogens (tertiary/aromatic N) is 2. The number of aliphatic hydroxyl groups is 1. The molecule has 7 nitrogen and oxygen atoms in total. The minimum atomic E-state index is -0.856. The van der Waals surface area contributed by atoms with Gasteiger partial charge < -0.3 is 24.8 Å². The van der Waals surface area contributed by atoms with Crippen LogP contribution in [0.1, 0.15) is 49.4 Å². The summed E-state index contributed by atoms with van der Waals surface area (Å²) in [5.41, 5.74) is -0.409. The van der Waals surface area contributed by atoms with E-state index in [2.05, 4.69) is 10.2 Å². The van der Waals surface area contributed by atoms with Gasteiger partial charge in [-0.25, -0.2) is 0 Å². The van der Waals surface area contributed by atoms with Crippen LogP contribution in [0.5, 0.6) is 5.75 Å². The normalized spacial score (nSPS) is 28.7. The highest BCUT2D eigenvalue weighted by molar-refractivity contribution is 5.94. The van der Waals surface area contributed by atoms with Crippen molar-refractivity contribution >= 4 is 5.91 Å². The third kappa shape index (κ3) is 5.22. The summed E-state index contributed by atoms with van der Waals surface area (Å²) < 4.78 is 12.0. The third-order valence-corrected chi connectivity index (χ3v) is 7.28. The maximum absolute atomic E-state index is 13.0. The van der Waals surface area contributed by atoms with Gasteiger partial charge in [-0.15, -0.1) is 0 Å². The number of amides is 1. The van der Waals surface area contributed by atoms with E-state index in [4.69, 9.17) is 9.47 Å². The number of likely N-dealkylation sites (tertiary alicyclic amines) is 2. The molecular formula is C24H37N3O4. The minimum absolute atomic E-state index is 0.00140. The molecule has 2 atom stereocenters. The lowest BCUT2D eigenvalue weighted by Gasteiger charge is -2.50. The molecule has 3 heterocycles. The first kappa shape index (κ1) is 22.5. The van der Waals surface area contributed by atoms with Gasteiger partial charge in [0.2, 0.25) is 0 Å². The quantitative estimate of drug-likeness (QED) is 0.717. The molecule has 172 valence electrons. The van der Waals surface area contributed by atoms with Crippen LogP contribution in [-0.4, -0.2) is 91.0 Å². The summed E-state index contributed by atoms with van der Waals surface area (Å²) in [6, 6.07) is 7.52. The average molecular weight is 432 g/mol. The fraction of sp³-hybridized carbons (Fsp3) is 0.708. The van der Waals surface area contributed by atoms with Crippen molar-refractivity contribution in [2.24, 2.45) is 0 Å². The lowest BCUT2D eigenvalue weighted by molar-refractivity contribution is -0.189. The summed E-state index contributed by atoms with van der Waals surface area (Å²) >= 11 is 0. The molecule has 1 spiro atoms. The first-order chi connectivity index (χ1) is 14.9. The maximum Gasteiger partial charge on any atom is 0.253 e. The van der Waals surface area contributed by atoms with Gasteiger partial charge in [0.05, 0.1) is 12.2 Å². The van der Waals surface area contributed by atoms with Crippen molar-refractivity contribution in [1.82, 2.24) is 15.1 Å². The van der Waals surface area contributed by atoms with Crippen LogP contribution in [0.4, 0.5) is 0 Å². The molecule has 1 aromatic rings. The zero-order chi connectivity index (χ0) is 21.9. The number of hydrogen-bond acceptors (Lipinski definition) is 6. The van der Waals surface area contributed by atoms with E-state index in [-0.39, 0.29) is 17.6 Å². The van der Waals surface area contributed by atoms with Crippen molar-refractivity contribution in [3.8, 4) is 5.75 Å². The second kappa shape index (κ2) is 9.45. The Hall–Kier alpha value is -1.67. The summed E-state index contributed by atoms with van der Waals surface area (Å²) in [4.78, 5) is 17.3. The molecule has 4 rings (SSSR count). The van der Waals surface area contributed by atoms with E-state index < -0.39 is 5.60 Å². The third-order valence-electron chi connectivity index (χ3n) is 7.28. The van der Waals surface area contributed by atoms with Crippen molar-refractivity contribution in [2.45, 2.75) is 56.3 Å². The van der Waals surface area contributed by atoms with Gasteiger partial charge in [0.25, 0.3) is 5.91 Å². The van der Waals surface area contributed by atoms with Gasteiger partial charge in [0.15, 0.2) is 0 Å². The second-order valence-corrected chi connectivity index (χ2v) is 9.59. The predicted molar refractivity (Wildman–Crippen MR) is 120 cm³/mol. The molecule has 2 N–H and O–H groups in total. The van der Waals surface area contributed by atoms with Gasteiger partial charge in [-0.2, -0.15) is 0 Å². The van der Waals surface area contributed by atoms with E-state index in [9.17, 15) is 9.90 Å². The number of piperidine rings is 1. The van der Waals surface area contributed by atoms with Crippen molar-refractivity contribution < 1.29 is 19.4 Å². The number of carbonyl (C=O) groups is 1. The molecule has 1 amide bonds. The SMILES string of the molecule is CN[C@H]1CC2(CCN(C(=O)c3ccc(OCCN4CCCC4)cc3)CC2)OC[C@]1(C)O.